The summed E-state index contributed by atoms with van der Waals surface area (Å²) in [5, 5.41) is -0.485. The first kappa shape index (κ1) is 22.7. The lowest BCUT2D eigenvalue weighted by molar-refractivity contribution is -0.274. The predicted octanol–water partition coefficient (Wildman–Crippen LogP) is 7.35. The first-order valence-corrected chi connectivity index (χ1v) is 9.28. The van der Waals surface area contributed by atoms with E-state index >= 15 is 0 Å². The van der Waals surface area contributed by atoms with Crippen LogP contribution in [0, 0.1) is 12.7 Å². The third-order valence-corrected chi connectivity index (χ3v) is 4.44. The van der Waals surface area contributed by atoms with Gasteiger partial charge >= 0.3 is 12.3 Å². The van der Waals surface area contributed by atoms with Gasteiger partial charge in [-0.15, -0.1) is 13.2 Å². The molecule has 162 valence electrons. The molecule has 0 N–H and O–H groups in total. The molecule has 0 heterocycles. The van der Waals surface area contributed by atoms with Crippen molar-refractivity contribution in [3.05, 3.63) is 81.6 Å². The van der Waals surface area contributed by atoms with Crippen LogP contribution in [-0.2, 0) is 0 Å². The second kappa shape index (κ2) is 9.03. The number of rotatable bonds is 5. The van der Waals surface area contributed by atoms with Crippen molar-refractivity contribution >= 4 is 29.2 Å². The van der Waals surface area contributed by atoms with E-state index in [0.717, 1.165) is 29.8 Å². The fraction of sp³-hybridized carbons (Fsp3) is 0.0952. The first-order valence-electron chi connectivity index (χ1n) is 8.53. The van der Waals surface area contributed by atoms with Crippen molar-refractivity contribution in [3.8, 4) is 23.0 Å². The van der Waals surface area contributed by atoms with Crippen LogP contribution in [0.1, 0.15) is 15.9 Å². The van der Waals surface area contributed by atoms with Crippen molar-refractivity contribution in [1.29, 1.82) is 0 Å². The van der Waals surface area contributed by atoms with Crippen LogP contribution in [0.25, 0.3) is 0 Å². The van der Waals surface area contributed by atoms with Gasteiger partial charge in [-0.05, 0) is 37.3 Å². The second-order valence-electron chi connectivity index (χ2n) is 6.21. The molecule has 0 aliphatic carbocycles. The Hall–Kier alpha value is -2.97. The molecule has 0 atom stereocenters. The molecule has 0 aliphatic rings. The highest BCUT2D eigenvalue weighted by molar-refractivity contribution is 6.32. The summed E-state index contributed by atoms with van der Waals surface area (Å²) in [6, 6.07) is 11.5. The van der Waals surface area contributed by atoms with Gasteiger partial charge in [-0.3, -0.25) is 0 Å². The lowest BCUT2D eigenvalue weighted by atomic mass is 10.2. The summed E-state index contributed by atoms with van der Waals surface area (Å²) in [6.07, 6.45) is -4.97. The molecule has 0 amide bonds. The maximum atomic E-state index is 14.5. The molecule has 0 aliphatic heterocycles. The summed E-state index contributed by atoms with van der Waals surface area (Å²) >= 11 is 11.7. The molecule has 0 saturated carbocycles. The second-order valence-corrected chi connectivity index (χ2v) is 7.02. The lowest BCUT2D eigenvalue weighted by Crippen LogP contribution is -2.17. The number of aryl methyl sites for hydroxylation is 1. The zero-order chi connectivity index (χ0) is 22.8. The first-order chi connectivity index (χ1) is 14.5. The number of hydrogen-bond acceptors (Lipinski definition) is 4. The molecule has 0 aromatic heterocycles. The molecular formula is C21H12Cl2F4O4. The van der Waals surface area contributed by atoms with Gasteiger partial charge < -0.3 is 14.2 Å². The van der Waals surface area contributed by atoms with E-state index in [9.17, 15) is 22.4 Å². The Morgan fingerprint density at radius 3 is 2.16 bits per heavy atom. The van der Waals surface area contributed by atoms with E-state index in [4.69, 9.17) is 32.7 Å². The molecule has 10 heteroatoms. The van der Waals surface area contributed by atoms with E-state index in [2.05, 4.69) is 4.74 Å². The number of hydrogen-bond donors (Lipinski definition) is 0. The molecule has 0 spiro atoms. The summed E-state index contributed by atoms with van der Waals surface area (Å²) in [5.74, 6) is -2.88. The number of halogens is 6. The molecule has 0 radical (unpaired) electrons. The van der Waals surface area contributed by atoms with E-state index in [1.807, 2.05) is 6.92 Å². The van der Waals surface area contributed by atoms with Gasteiger partial charge in [0.2, 0.25) is 0 Å². The van der Waals surface area contributed by atoms with Gasteiger partial charge in [-0.25, -0.2) is 9.18 Å². The van der Waals surface area contributed by atoms with E-state index in [1.165, 1.54) is 6.07 Å². The minimum absolute atomic E-state index is 0.153. The minimum atomic E-state index is -4.97. The summed E-state index contributed by atoms with van der Waals surface area (Å²) in [6.45, 7) is 1.85. The maximum Gasteiger partial charge on any atom is 0.573 e. The van der Waals surface area contributed by atoms with Gasteiger partial charge in [0.25, 0.3) is 0 Å². The van der Waals surface area contributed by atoms with E-state index in [0.29, 0.717) is 0 Å². The predicted molar refractivity (Wildman–Crippen MR) is 106 cm³/mol. The highest BCUT2D eigenvalue weighted by Gasteiger charge is 2.32. The summed E-state index contributed by atoms with van der Waals surface area (Å²) in [4.78, 5) is 12.3. The number of carbonyl (C=O) groups excluding carboxylic acids is 1. The topological polar surface area (TPSA) is 44.8 Å². The van der Waals surface area contributed by atoms with Gasteiger partial charge in [-0.1, -0.05) is 40.9 Å². The van der Waals surface area contributed by atoms with Crippen LogP contribution < -0.4 is 14.2 Å². The van der Waals surface area contributed by atoms with Gasteiger partial charge in [0, 0.05) is 12.1 Å². The van der Waals surface area contributed by atoms with Gasteiger partial charge in [0.05, 0.1) is 15.6 Å². The lowest BCUT2D eigenvalue weighted by Gasteiger charge is -2.13. The van der Waals surface area contributed by atoms with Crippen LogP contribution in [0.3, 0.4) is 0 Å². The maximum absolute atomic E-state index is 14.5. The Morgan fingerprint density at radius 2 is 1.52 bits per heavy atom. The summed E-state index contributed by atoms with van der Waals surface area (Å²) in [7, 11) is 0. The molecule has 3 aromatic carbocycles. The number of benzene rings is 3. The van der Waals surface area contributed by atoms with Crippen LogP contribution in [-0.4, -0.2) is 12.3 Å². The van der Waals surface area contributed by atoms with Crippen molar-refractivity contribution in [1.82, 2.24) is 0 Å². The number of alkyl halides is 3. The van der Waals surface area contributed by atoms with Crippen molar-refractivity contribution in [2.75, 3.05) is 0 Å². The van der Waals surface area contributed by atoms with Crippen LogP contribution in [0.2, 0.25) is 10.0 Å². The molecule has 0 unspecified atom stereocenters. The molecular weight excluding hydrogens is 463 g/mol. The van der Waals surface area contributed by atoms with Crippen LogP contribution in [0.15, 0.2) is 54.6 Å². The molecule has 31 heavy (non-hydrogen) atoms. The van der Waals surface area contributed by atoms with Crippen molar-refractivity contribution in [3.63, 3.8) is 0 Å². The Morgan fingerprint density at radius 1 is 0.871 bits per heavy atom. The smallest absolute Gasteiger partial charge is 0.456 e. The average Bonchev–Trinajstić information content (AvgIpc) is 2.67. The van der Waals surface area contributed by atoms with Crippen molar-refractivity contribution in [2.45, 2.75) is 13.3 Å². The standard InChI is InChI=1S/C21H12Cl2F4O4/c1-11-2-4-12(5-3-11)30-20(28)14-9-16(23)18(10-17(14)24)29-13-6-7-15(22)19(8-13)31-21(25,26)27/h2-10H,1H3. The van der Waals surface area contributed by atoms with E-state index in [1.54, 1.807) is 24.3 Å². The molecule has 3 rings (SSSR count). The van der Waals surface area contributed by atoms with E-state index < -0.39 is 29.5 Å². The van der Waals surface area contributed by atoms with Gasteiger partial charge in [0.1, 0.15) is 23.1 Å². The van der Waals surface area contributed by atoms with Gasteiger partial charge in [-0.2, -0.15) is 0 Å². The molecule has 0 fully saturated rings. The summed E-state index contributed by atoms with van der Waals surface area (Å²) < 4.78 is 66.1. The molecule has 4 nitrogen and oxygen atoms in total. The highest BCUT2D eigenvalue weighted by Crippen LogP contribution is 2.37. The monoisotopic (exact) mass is 474 g/mol. The summed E-state index contributed by atoms with van der Waals surface area (Å²) in [5.41, 5.74) is 0.497. The van der Waals surface area contributed by atoms with Crippen LogP contribution >= 0.6 is 23.2 Å². The highest BCUT2D eigenvalue weighted by atomic mass is 35.5. The molecule has 0 saturated heterocycles. The Balaban J connectivity index is 1.81. The van der Waals surface area contributed by atoms with Crippen molar-refractivity contribution in [2.24, 2.45) is 0 Å². The number of carbonyl (C=O) groups is 1. The fourth-order valence-electron chi connectivity index (χ4n) is 2.41. The zero-order valence-electron chi connectivity index (χ0n) is 15.6. The largest absolute Gasteiger partial charge is 0.573 e. The number of esters is 1. The zero-order valence-corrected chi connectivity index (χ0v) is 17.1. The van der Waals surface area contributed by atoms with Crippen molar-refractivity contribution < 1.29 is 36.6 Å². The Labute approximate surface area is 183 Å². The fourth-order valence-corrected chi connectivity index (χ4v) is 2.77. The van der Waals surface area contributed by atoms with Gasteiger partial charge in [0.15, 0.2) is 5.75 Å². The van der Waals surface area contributed by atoms with E-state index in [-0.39, 0.29) is 27.3 Å². The SMILES string of the molecule is Cc1ccc(OC(=O)c2cc(Cl)c(Oc3ccc(Cl)c(OC(F)(F)F)c3)cc2F)cc1. The third-order valence-electron chi connectivity index (χ3n) is 3.83. The normalized spacial score (nSPS) is 11.2. The average molecular weight is 475 g/mol. The molecule has 3 aromatic rings. The minimum Gasteiger partial charge on any atom is -0.456 e. The number of ether oxygens (including phenoxy) is 3. The quantitative estimate of drug-likeness (QED) is 0.220. The van der Waals surface area contributed by atoms with Crippen LogP contribution in [0.4, 0.5) is 17.6 Å². The third kappa shape index (κ3) is 6.02. The Bertz CT molecular complexity index is 1120. The molecule has 0 bridgehead atoms. The van der Waals surface area contributed by atoms with Crippen LogP contribution in [0.5, 0.6) is 23.0 Å². The Kier molecular flexibility index (Phi) is 6.62.